The van der Waals surface area contributed by atoms with E-state index in [2.05, 4.69) is 14.7 Å². The number of thiazole rings is 1. The first kappa shape index (κ1) is 17.1. The van der Waals surface area contributed by atoms with Gasteiger partial charge in [0.25, 0.3) is 0 Å². The Morgan fingerprint density at radius 2 is 2.33 bits per heavy atom. The summed E-state index contributed by atoms with van der Waals surface area (Å²) in [4.78, 5) is 22.8. The van der Waals surface area contributed by atoms with E-state index in [1.54, 1.807) is 13.1 Å². The smallest absolute Gasteiger partial charge is 0.337 e. The summed E-state index contributed by atoms with van der Waals surface area (Å²) in [6.45, 7) is 2.65. The zero-order chi connectivity index (χ0) is 17.3. The third-order valence-corrected chi connectivity index (χ3v) is 5.22. The zero-order valence-corrected chi connectivity index (χ0v) is 15.0. The predicted octanol–water partition coefficient (Wildman–Crippen LogP) is 0.344. The fourth-order valence-electron chi connectivity index (χ4n) is 2.87. The number of nitrogens with one attached hydrogen (secondary N) is 1. The molecule has 2 aliphatic rings. The SMILES string of the molecule is CCOC(=O)C1=C2CC(NS(C)(=O)=O)CN2C(c2nccs2)=NC1. The quantitative estimate of drug-likeness (QED) is 0.751. The van der Waals surface area contributed by atoms with Crippen LogP contribution in [0.3, 0.4) is 0 Å². The topological polar surface area (TPSA) is 101 Å². The lowest BCUT2D eigenvalue weighted by molar-refractivity contribution is -0.138. The molecule has 1 aromatic heterocycles. The Balaban J connectivity index is 1.94. The van der Waals surface area contributed by atoms with Gasteiger partial charge < -0.3 is 9.64 Å². The van der Waals surface area contributed by atoms with E-state index in [9.17, 15) is 13.2 Å². The monoisotopic (exact) mass is 370 g/mol. The van der Waals surface area contributed by atoms with Crippen molar-refractivity contribution in [2.24, 2.45) is 4.99 Å². The van der Waals surface area contributed by atoms with Crippen LogP contribution in [-0.4, -0.2) is 62.1 Å². The van der Waals surface area contributed by atoms with Gasteiger partial charge in [-0.15, -0.1) is 11.3 Å². The Hall–Kier alpha value is -1.78. The van der Waals surface area contributed by atoms with Crippen molar-refractivity contribution in [1.82, 2.24) is 14.6 Å². The van der Waals surface area contributed by atoms with Crippen molar-refractivity contribution in [3.05, 3.63) is 27.9 Å². The zero-order valence-electron chi connectivity index (χ0n) is 13.4. The average molecular weight is 370 g/mol. The van der Waals surface area contributed by atoms with Crippen molar-refractivity contribution in [2.75, 3.05) is 26.0 Å². The molecular formula is C14H18N4O4S2. The molecule has 0 aromatic carbocycles. The van der Waals surface area contributed by atoms with Crippen LogP contribution < -0.4 is 4.72 Å². The highest BCUT2D eigenvalue weighted by molar-refractivity contribution is 7.88. The third-order valence-electron chi connectivity index (χ3n) is 3.69. The van der Waals surface area contributed by atoms with Gasteiger partial charge in [0.2, 0.25) is 10.0 Å². The Morgan fingerprint density at radius 3 is 2.96 bits per heavy atom. The second-order valence-electron chi connectivity index (χ2n) is 5.52. The van der Waals surface area contributed by atoms with Gasteiger partial charge in [0.15, 0.2) is 10.8 Å². The van der Waals surface area contributed by atoms with Crippen LogP contribution in [0.1, 0.15) is 18.4 Å². The largest absolute Gasteiger partial charge is 0.463 e. The number of rotatable bonds is 5. The lowest BCUT2D eigenvalue weighted by Crippen LogP contribution is -2.39. The van der Waals surface area contributed by atoms with Gasteiger partial charge in [0.1, 0.15) is 0 Å². The summed E-state index contributed by atoms with van der Waals surface area (Å²) in [7, 11) is -3.34. The lowest BCUT2D eigenvalue weighted by Gasteiger charge is -2.26. The van der Waals surface area contributed by atoms with E-state index in [0.29, 0.717) is 24.4 Å². The molecule has 1 aromatic rings. The maximum absolute atomic E-state index is 12.2. The molecule has 0 aliphatic carbocycles. The Labute approximate surface area is 144 Å². The number of hydrogen-bond donors (Lipinski definition) is 1. The van der Waals surface area contributed by atoms with Crippen LogP contribution in [0, 0.1) is 0 Å². The van der Waals surface area contributed by atoms with Gasteiger partial charge in [0.05, 0.1) is 25.0 Å². The van der Waals surface area contributed by atoms with Crippen molar-refractivity contribution in [3.63, 3.8) is 0 Å². The standard InChI is InChI=1S/C14H18N4O4S2/c1-3-22-14(19)10-7-16-12(13-15-4-5-23-13)18-8-9(6-11(10)18)17-24(2,20)21/h4-5,9,17H,3,6-8H2,1-2H3. The second-order valence-corrected chi connectivity index (χ2v) is 8.20. The van der Waals surface area contributed by atoms with Gasteiger partial charge in [-0.2, -0.15) is 0 Å². The Kier molecular flexibility index (Phi) is 4.70. The first-order valence-corrected chi connectivity index (χ1v) is 10.2. The molecule has 10 heteroatoms. The minimum atomic E-state index is -3.34. The number of hydrogen-bond acceptors (Lipinski definition) is 8. The molecule has 1 atom stereocenters. The highest BCUT2D eigenvalue weighted by Crippen LogP contribution is 2.31. The molecule has 130 valence electrons. The minimum absolute atomic E-state index is 0.213. The van der Waals surface area contributed by atoms with Crippen LogP contribution in [0.25, 0.3) is 0 Å². The fourth-order valence-corrected chi connectivity index (χ4v) is 4.28. The maximum Gasteiger partial charge on any atom is 0.337 e. The average Bonchev–Trinajstić information content (AvgIpc) is 3.13. The molecule has 1 fully saturated rings. The number of nitrogens with zero attached hydrogens (tertiary/aromatic N) is 3. The van der Waals surface area contributed by atoms with E-state index in [1.165, 1.54) is 11.3 Å². The van der Waals surface area contributed by atoms with Crippen LogP contribution in [0.5, 0.6) is 0 Å². The van der Waals surface area contributed by atoms with Crippen molar-refractivity contribution in [3.8, 4) is 0 Å². The van der Waals surface area contributed by atoms with Crippen molar-refractivity contribution >= 4 is 33.2 Å². The van der Waals surface area contributed by atoms with Gasteiger partial charge in [-0.1, -0.05) is 0 Å². The summed E-state index contributed by atoms with van der Waals surface area (Å²) in [6.07, 6.45) is 3.24. The van der Waals surface area contributed by atoms with Crippen molar-refractivity contribution < 1.29 is 17.9 Å². The molecule has 0 amide bonds. The van der Waals surface area contributed by atoms with Crippen LogP contribution in [0.15, 0.2) is 27.8 Å². The molecule has 3 heterocycles. The summed E-state index contributed by atoms with van der Waals surface area (Å²) < 4.78 is 30.8. The number of sulfonamides is 1. The molecule has 2 aliphatic heterocycles. The highest BCUT2D eigenvalue weighted by Gasteiger charge is 2.38. The van der Waals surface area contributed by atoms with Gasteiger partial charge in [-0.25, -0.2) is 22.9 Å². The Morgan fingerprint density at radius 1 is 1.54 bits per heavy atom. The molecule has 1 unspecified atom stereocenters. The highest BCUT2D eigenvalue weighted by atomic mass is 32.2. The first-order valence-electron chi connectivity index (χ1n) is 7.47. The van der Waals surface area contributed by atoms with Gasteiger partial charge in [-0.05, 0) is 6.92 Å². The number of fused-ring (bicyclic) bond motifs is 1. The molecule has 0 radical (unpaired) electrons. The fraction of sp³-hybridized carbons (Fsp3) is 0.500. The van der Waals surface area contributed by atoms with Crippen molar-refractivity contribution in [2.45, 2.75) is 19.4 Å². The van der Waals surface area contributed by atoms with E-state index in [0.717, 1.165) is 17.0 Å². The summed E-state index contributed by atoms with van der Waals surface area (Å²) in [6, 6.07) is -0.317. The lowest BCUT2D eigenvalue weighted by atomic mass is 10.1. The predicted molar refractivity (Wildman–Crippen MR) is 90.3 cm³/mol. The second kappa shape index (κ2) is 6.61. The third kappa shape index (κ3) is 3.50. The van der Waals surface area contributed by atoms with Crippen LogP contribution >= 0.6 is 11.3 Å². The number of ether oxygens (including phenoxy) is 1. The maximum atomic E-state index is 12.2. The Bertz CT molecular complexity index is 799. The van der Waals surface area contributed by atoms with Crippen LogP contribution in [-0.2, 0) is 19.6 Å². The van der Waals surface area contributed by atoms with Gasteiger partial charge in [0, 0.05) is 36.3 Å². The van der Waals surface area contributed by atoms with E-state index < -0.39 is 16.0 Å². The summed E-state index contributed by atoms with van der Waals surface area (Å²) >= 11 is 1.45. The van der Waals surface area contributed by atoms with Gasteiger partial charge >= 0.3 is 5.97 Å². The summed E-state index contributed by atoms with van der Waals surface area (Å²) in [5, 5.41) is 2.60. The number of carbonyl (C=O) groups excluding carboxylic acids is 1. The minimum Gasteiger partial charge on any atom is -0.463 e. The number of amidine groups is 1. The van der Waals surface area contributed by atoms with E-state index >= 15 is 0 Å². The number of esters is 1. The molecule has 8 nitrogen and oxygen atoms in total. The normalized spacial score (nSPS) is 20.8. The summed E-state index contributed by atoms with van der Waals surface area (Å²) in [5.74, 6) is 0.269. The number of carbonyl (C=O) groups is 1. The van der Waals surface area contributed by atoms with E-state index in [4.69, 9.17) is 4.74 Å². The molecule has 24 heavy (non-hydrogen) atoms. The first-order chi connectivity index (χ1) is 11.4. The number of aliphatic imine (C=N–C) groups is 1. The summed E-state index contributed by atoms with van der Waals surface area (Å²) in [5.41, 5.74) is 1.24. The molecule has 0 spiro atoms. The molecular weight excluding hydrogens is 352 g/mol. The number of aromatic nitrogens is 1. The van der Waals surface area contributed by atoms with Crippen LogP contribution in [0.4, 0.5) is 0 Å². The molecule has 1 saturated heterocycles. The van der Waals surface area contributed by atoms with E-state index in [-0.39, 0.29) is 19.2 Å². The van der Waals surface area contributed by atoms with Crippen molar-refractivity contribution in [1.29, 1.82) is 0 Å². The van der Waals surface area contributed by atoms with E-state index in [1.807, 2.05) is 10.3 Å². The molecule has 0 bridgehead atoms. The molecule has 1 N–H and O–H groups in total. The van der Waals surface area contributed by atoms with Gasteiger partial charge in [-0.3, -0.25) is 4.99 Å². The molecule has 0 saturated carbocycles. The van der Waals surface area contributed by atoms with Crippen LogP contribution in [0.2, 0.25) is 0 Å². The molecule has 3 rings (SSSR count).